The Balaban J connectivity index is 2.19. The molecule has 12 heavy (non-hydrogen) atoms. The smallest absolute Gasteiger partial charge is 0.361 e. The Morgan fingerprint density at radius 3 is 2.17 bits per heavy atom. The first-order valence-corrected chi connectivity index (χ1v) is 6.51. The molecule has 0 amide bonds. The summed E-state index contributed by atoms with van der Waals surface area (Å²) in [7, 11) is 1.25. The number of hydrogen-bond donors (Lipinski definition) is 0. The van der Waals surface area contributed by atoms with E-state index in [1.54, 1.807) is 14.2 Å². The Labute approximate surface area is 74.0 Å². The van der Waals surface area contributed by atoms with Crippen molar-refractivity contribution in [1.29, 1.82) is 0 Å². The first-order chi connectivity index (χ1) is 5.61. The maximum absolute atomic E-state index is 5.40. The minimum atomic E-state index is -2.05. The maximum Gasteiger partial charge on any atom is 0.361 e. The van der Waals surface area contributed by atoms with Crippen molar-refractivity contribution < 1.29 is 18.3 Å². The minimum absolute atomic E-state index is 0.0397. The quantitative estimate of drug-likeness (QED) is 0.474. The van der Waals surface area contributed by atoms with E-state index in [9.17, 15) is 0 Å². The van der Waals surface area contributed by atoms with E-state index >= 15 is 0 Å². The molecule has 1 saturated heterocycles. The third-order valence-electron chi connectivity index (χ3n) is 2.03. The zero-order chi connectivity index (χ0) is 9.19. The summed E-state index contributed by atoms with van der Waals surface area (Å²) < 4.78 is 21.0. The molecular formula is C7H16O4Si. The van der Waals surface area contributed by atoms with Crippen molar-refractivity contribution in [2.24, 2.45) is 0 Å². The van der Waals surface area contributed by atoms with Gasteiger partial charge in [-0.05, 0) is 13.5 Å². The molecule has 5 heteroatoms. The van der Waals surface area contributed by atoms with Gasteiger partial charge in [-0.1, -0.05) is 0 Å². The van der Waals surface area contributed by atoms with Crippen LogP contribution in [0.25, 0.3) is 0 Å². The van der Waals surface area contributed by atoms with E-state index in [1.807, 2.05) is 13.5 Å². The predicted octanol–water partition coefficient (Wildman–Crippen LogP) is 0.652. The fourth-order valence-corrected chi connectivity index (χ4v) is 1.65. The largest absolute Gasteiger partial charge is 0.396 e. The van der Waals surface area contributed by atoms with Gasteiger partial charge in [-0.2, -0.15) is 0 Å². The average molecular weight is 192 g/mol. The van der Waals surface area contributed by atoms with Crippen LogP contribution in [0.3, 0.4) is 0 Å². The molecule has 0 bridgehead atoms. The van der Waals surface area contributed by atoms with Crippen molar-refractivity contribution in [3.8, 4) is 0 Å². The molecule has 0 N–H and O–H groups in total. The van der Waals surface area contributed by atoms with Crippen LogP contribution in [0.2, 0.25) is 6.55 Å². The van der Waals surface area contributed by atoms with Crippen molar-refractivity contribution in [3.05, 3.63) is 0 Å². The highest BCUT2D eigenvalue weighted by atomic mass is 28.4. The standard InChI is InChI=1S/C7H16O4Si/c1-6-7(11-6)10-5-12(4,8-2)9-3/h6-7H,5H2,1-4H3. The second-order valence-electron chi connectivity index (χ2n) is 3.06. The molecular weight excluding hydrogens is 176 g/mol. The number of hydrogen-bond acceptors (Lipinski definition) is 4. The van der Waals surface area contributed by atoms with Gasteiger partial charge in [0.1, 0.15) is 6.10 Å². The van der Waals surface area contributed by atoms with Crippen LogP contribution in [0.1, 0.15) is 6.92 Å². The van der Waals surface area contributed by atoms with Gasteiger partial charge in [0.05, 0.1) is 6.23 Å². The summed E-state index contributed by atoms with van der Waals surface area (Å²) in [5.41, 5.74) is 0. The lowest BCUT2D eigenvalue weighted by Gasteiger charge is -2.21. The molecule has 0 aromatic rings. The molecule has 0 spiro atoms. The fourth-order valence-electron chi connectivity index (χ4n) is 0.776. The fraction of sp³-hybridized carbons (Fsp3) is 1.00. The van der Waals surface area contributed by atoms with E-state index in [4.69, 9.17) is 18.3 Å². The van der Waals surface area contributed by atoms with Gasteiger partial charge in [-0.25, -0.2) is 0 Å². The molecule has 1 fully saturated rings. The molecule has 1 aliphatic heterocycles. The molecule has 1 rings (SSSR count). The summed E-state index contributed by atoms with van der Waals surface area (Å²) in [5.74, 6) is 0. The average Bonchev–Trinajstić information content (AvgIpc) is 2.78. The molecule has 0 saturated carbocycles. The van der Waals surface area contributed by atoms with E-state index in [0.717, 1.165) is 0 Å². The lowest BCUT2D eigenvalue weighted by atomic mass is 10.5. The number of rotatable bonds is 5. The minimum Gasteiger partial charge on any atom is -0.396 e. The Kier molecular flexibility index (Phi) is 3.25. The number of ether oxygens (including phenoxy) is 2. The van der Waals surface area contributed by atoms with Crippen molar-refractivity contribution in [3.63, 3.8) is 0 Å². The summed E-state index contributed by atoms with van der Waals surface area (Å²) in [6.45, 7) is 3.93. The highest BCUT2D eigenvalue weighted by Gasteiger charge is 2.39. The van der Waals surface area contributed by atoms with Crippen LogP contribution in [-0.4, -0.2) is 41.4 Å². The van der Waals surface area contributed by atoms with Crippen molar-refractivity contribution in [2.75, 3.05) is 20.4 Å². The first kappa shape index (κ1) is 10.1. The van der Waals surface area contributed by atoms with Gasteiger partial charge in [0.15, 0.2) is 6.29 Å². The zero-order valence-electron chi connectivity index (χ0n) is 7.99. The number of epoxide rings is 1. The highest BCUT2D eigenvalue weighted by Crippen LogP contribution is 2.23. The van der Waals surface area contributed by atoms with Crippen molar-refractivity contribution >= 4 is 8.56 Å². The summed E-state index contributed by atoms with van der Waals surface area (Å²) in [4.78, 5) is 0. The van der Waals surface area contributed by atoms with Gasteiger partial charge in [-0.15, -0.1) is 0 Å². The SMILES string of the molecule is CO[Si](C)(COC1OC1C)OC. The Morgan fingerprint density at radius 2 is 1.83 bits per heavy atom. The van der Waals surface area contributed by atoms with Crippen LogP contribution in [0.15, 0.2) is 0 Å². The summed E-state index contributed by atoms with van der Waals surface area (Å²) in [6.07, 6.45) is 0.716. The monoisotopic (exact) mass is 192 g/mol. The summed E-state index contributed by atoms with van der Waals surface area (Å²) >= 11 is 0. The van der Waals surface area contributed by atoms with Gasteiger partial charge in [0.2, 0.25) is 0 Å². The van der Waals surface area contributed by atoms with Crippen LogP contribution >= 0.6 is 0 Å². The maximum atomic E-state index is 5.40. The van der Waals surface area contributed by atoms with Gasteiger partial charge in [0.25, 0.3) is 0 Å². The van der Waals surface area contributed by atoms with E-state index in [-0.39, 0.29) is 12.4 Å². The normalized spacial score (nSPS) is 29.0. The van der Waals surface area contributed by atoms with Crippen LogP contribution in [0, 0.1) is 0 Å². The lowest BCUT2D eigenvalue weighted by Crippen LogP contribution is -2.42. The van der Waals surface area contributed by atoms with Crippen molar-refractivity contribution in [2.45, 2.75) is 25.9 Å². The van der Waals surface area contributed by atoms with E-state index < -0.39 is 8.56 Å². The van der Waals surface area contributed by atoms with Gasteiger partial charge in [0, 0.05) is 14.2 Å². The Morgan fingerprint density at radius 1 is 1.33 bits per heavy atom. The molecule has 72 valence electrons. The lowest BCUT2D eigenvalue weighted by molar-refractivity contribution is 0.0561. The van der Waals surface area contributed by atoms with Crippen molar-refractivity contribution in [1.82, 2.24) is 0 Å². The Bertz CT molecular complexity index is 148. The summed E-state index contributed by atoms with van der Waals surface area (Å²) in [5, 5.41) is 0. The molecule has 4 nitrogen and oxygen atoms in total. The molecule has 1 aliphatic rings. The van der Waals surface area contributed by atoms with E-state index in [1.165, 1.54) is 0 Å². The predicted molar refractivity (Wildman–Crippen MR) is 45.9 cm³/mol. The van der Waals surface area contributed by atoms with E-state index in [0.29, 0.717) is 6.23 Å². The third kappa shape index (κ3) is 2.53. The molecule has 2 atom stereocenters. The molecule has 0 aromatic heterocycles. The van der Waals surface area contributed by atoms with Crippen LogP contribution in [0.5, 0.6) is 0 Å². The molecule has 0 radical (unpaired) electrons. The first-order valence-electron chi connectivity index (χ1n) is 3.98. The zero-order valence-corrected chi connectivity index (χ0v) is 8.99. The van der Waals surface area contributed by atoms with Crippen LogP contribution < -0.4 is 0 Å². The van der Waals surface area contributed by atoms with Crippen LogP contribution in [0.4, 0.5) is 0 Å². The van der Waals surface area contributed by atoms with Gasteiger partial charge >= 0.3 is 8.56 Å². The second-order valence-corrected chi connectivity index (χ2v) is 6.44. The Hall–Kier alpha value is 0.0569. The molecule has 0 aromatic carbocycles. The third-order valence-corrected chi connectivity index (χ3v) is 4.45. The highest BCUT2D eigenvalue weighted by molar-refractivity contribution is 6.65. The van der Waals surface area contributed by atoms with E-state index in [2.05, 4.69) is 0 Å². The summed E-state index contributed by atoms with van der Waals surface area (Å²) in [6, 6.07) is 0. The van der Waals surface area contributed by atoms with Gasteiger partial charge < -0.3 is 18.3 Å². The molecule has 2 unspecified atom stereocenters. The molecule has 1 heterocycles. The van der Waals surface area contributed by atoms with Gasteiger partial charge in [-0.3, -0.25) is 0 Å². The second kappa shape index (κ2) is 3.84. The van der Waals surface area contributed by atoms with Crippen LogP contribution in [-0.2, 0) is 18.3 Å². The topological polar surface area (TPSA) is 40.2 Å². The molecule has 0 aliphatic carbocycles.